The van der Waals surface area contributed by atoms with Gasteiger partial charge in [-0.1, -0.05) is 6.42 Å². The summed E-state index contributed by atoms with van der Waals surface area (Å²) in [5, 5.41) is 29.0. The lowest BCUT2D eigenvalue weighted by Gasteiger charge is -2.14. The molecule has 1 heterocycles. The van der Waals surface area contributed by atoms with Crippen LogP contribution in [0.5, 0.6) is 0 Å². The number of rotatable bonds is 5. The third-order valence-electron chi connectivity index (χ3n) is 2.65. The van der Waals surface area contributed by atoms with Gasteiger partial charge in [-0.3, -0.25) is 4.79 Å². The highest BCUT2D eigenvalue weighted by Crippen LogP contribution is 2.22. The van der Waals surface area contributed by atoms with Gasteiger partial charge in [-0.25, -0.2) is 0 Å². The SMILES string of the molecule is O=C(O)[C@@H]1NCC[C@@H]1CCCB(O)O. The minimum atomic E-state index is -1.27. The predicted molar refractivity (Wildman–Crippen MR) is 51.8 cm³/mol. The topological polar surface area (TPSA) is 89.8 Å². The zero-order valence-electron chi connectivity index (χ0n) is 8.02. The first-order valence-electron chi connectivity index (χ1n) is 4.93. The fraction of sp³-hybridized carbons (Fsp3) is 0.875. The lowest BCUT2D eigenvalue weighted by molar-refractivity contribution is -0.140. The van der Waals surface area contributed by atoms with Crippen molar-refractivity contribution in [3.63, 3.8) is 0 Å². The van der Waals surface area contributed by atoms with Crippen molar-refractivity contribution in [1.82, 2.24) is 5.32 Å². The Hall–Kier alpha value is -0.585. The number of carbonyl (C=O) groups is 1. The molecule has 0 spiro atoms. The quantitative estimate of drug-likeness (QED) is 0.441. The van der Waals surface area contributed by atoms with E-state index in [1.165, 1.54) is 0 Å². The van der Waals surface area contributed by atoms with E-state index in [4.69, 9.17) is 15.2 Å². The Bertz CT molecular complexity index is 200. The first-order valence-corrected chi connectivity index (χ1v) is 4.93. The Kier molecular flexibility index (Phi) is 4.38. The first-order chi connectivity index (χ1) is 6.61. The largest absolute Gasteiger partial charge is 0.480 e. The Morgan fingerprint density at radius 1 is 1.50 bits per heavy atom. The van der Waals surface area contributed by atoms with Crippen LogP contribution in [0.1, 0.15) is 19.3 Å². The molecule has 0 radical (unpaired) electrons. The van der Waals surface area contributed by atoms with E-state index in [9.17, 15) is 4.79 Å². The molecule has 4 N–H and O–H groups in total. The van der Waals surface area contributed by atoms with E-state index < -0.39 is 19.1 Å². The minimum absolute atomic E-state index is 0.131. The summed E-state index contributed by atoms with van der Waals surface area (Å²) in [6.07, 6.45) is 2.58. The summed E-state index contributed by atoms with van der Waals surface area (Å²) in [4.78, 5) is 10.7. The fourth-order valence-electron chi connectivity index (χ4n) is 1.92. The Balaban J connectivity index is 2.26. The van der Waals surface area contributed by atoms with E-state index in [0.29, 0.717) is 12.7 Å². The molecule has 0 saturated carbocycles. The van der Waals surface area contributed by atoms with Crippen LogP contribution in [0.15, 0.2) is 0 Å². The molecule has 2 atom stereocenters. The van der Waals surface area contributed by atoms with Crippen molar-refractivity contribution in [3.8, 4) is 0 Å². The molecule has 0 aromatic rings. The van der Waals surface area contributed by atoms with Crippen molar-refractivity contribution < 1.29 is 19.9 Å². The lowest BCUT2D eigenvalue weighted by Crippen LogP contribution is -2.35. The molecule has 1 fully saturated rings. The molecule has 6 heteroatoms. The molecular weight excluding hydrogens is 185 g/mol. The summed E-state index contributed by atoms with van der Waals surface area (Å²) in [6.45, 7) is 0.739. The van der Waals surface area contributed by atoms with E-state index in [2.05, 4.69) is 5.32 Å². The van der Waals surface area contributed by atoms with E-state index in [1.54, 1.807) is 0 Å². The normalized spacial score (nSPS) is 26.4. The van der Waals surface area contributed by atoms with Crippen molar-refractivity contribution in [2.75, 3.05) is 6.54 Å². The van der Waals surface area contributed by atoms with E-state index >= 15 is 0 Å². The van der Waals surface area contributed by atoms with Crippen LogP contribution < -0.4 is 5.32 Å². The number of hydrogen-bond acceptors (Lipinski definition) is 4. The highest BCUT2D eigenvalue weighted by molar-refractivity contribution is 6.40. The number of carboxylic acids is 1. The third kappa shape index (κ3) is 3.28. The molecule has 1 aliphatic rings. The van der Waals surface area contributed by atoms with Crippen molar-refractivity contribution in [2.45, 2.75) is 31.6 Å². The second-order valence-electron chi connectivity index (χ2n) is 3.73. The molecule has 0 aromatic carbocycles. The summed E-state index contributed by atoms with van der Waals surface area (Å²) in [5.74, 6) is -0.678. The van der Waals surface area contributed by atoms with Crippen LogP contribution in [0.4, 0.5) is 0 Å². The molecule has 14 heavy (non-hydrogen) atoms. The Labute approximate surface area is 83.3 Å². The number of nitrogens with one attached hydrogen (secondary N) is 1. The summed E-state index contributed by atoms with van der Waals surface area (Å²) >= 11 is 0. The van der Waals surface area contributed by atoms with Gasteiger partial charge >= 0.3 is 13.1 Å². The molecule has 0 unspecified atom stereocenters. The van der Waals surface area contributed by atoms with Gasteiger partial charge in [-0.05, 0) is 31.6 Å². The molecule has 80 valence electrons. The molecule has 0 amide bonds. The van der Waals surface area contributed by atoms with Gasteiger partial charge in [0.25, 0.3) is 0 Å². The molecule has 1 saturated heterocycles. The fourth-order valence-corrected chi connectivity index (χ4v) is 1.92. The van der Waals surface area contributed by atoms with Crippen LogP contribution in [0.2, 0.25) is 6.32 Å². The van der Waals surface area contributed by atoms with Crippen LogP contribution in [0, 0.1) is 5.92 Å². The van der Waals surface area contributed by atoms with Crippen LogP contribution >= 0.6 is 0 Å². The predicted octanol–water partition coefficient (Wildman–Crippen LogP) is -0.698. The monoisotopic (exact) mass is 201 g/mol. The van der Waals surface area contributed by atoms with Gasteiger partial charge in [0.2, 0.25) is 0 Å². The van der Waals surface area contributed by atoms with Gasteiger partial charge in [0.1, 0.15) is 6.04 Å². The van der Waals surface area contributed by atoms with Gasteiger partial charge in [-0.2, -0.15) is 0 Å². The summed E-state index contributed by atoms with van der Waals surface area (Å²) < 4.78 is 0. The maximum Gasteiger partial charge on any atom is 0.451 e. The number of aliphatic carboxylic acids is 1. The highest BCUT2D eigenvalue weighted by atomic mass is 16.4. The highest BCUT2D eigenvalue weighted by Gasteiger charge is 2.31. The van der Waals surface area contributed by atoms with E-state index in [1.807, 2.05) is 0 Å². The smallest absolute Gasteiger partial charge is 0.451 e. The Morgan fingerprint density at radius 3 is 2.79 bits per heavy atom. The average Bonchev–Trinajstić information content (AvgIpc) is 2.51. The van der Waals surface area contributed by atoms with Gasteiger partial charge < -0.3 is 20.5 Å². The third-order valence-corrected chi connectivity index (χ3v) is 2.65. The van der Waals surface area contributed by atoms with Crippen molar-refractivity contribution in [3.05, 3.63) is 0 Å². The molecule has 0 aliphatic carbocycles. The Morgan fingerprint density at radius 2 is 2.21 bits per heavy atom. The minimum Gasteiger partial charge on any atom is -0.480 e. The average molecular weight is 201 g/mol. The zero-order chi connectivity index (χ0) is 10.6. The standard InChI is InChI=1S/C8H16BNO4/c11-8(12)7-6(3-5-10-7)2-1-4-9(13)14/h6-7,10,13-14H,1-5H2,(H,11,12)/t6-,7+/m0/s1. The second-order valence-corrected chi connectivity index (χ2v) is 3.73. The van der Waals surface area contributed by atoms with Crippen LogP contribution in [0.25, 0.3) is 0 Å². The summed E-state index contributed by atoms with van der Waals surface area (Å²) in [7, 11) is -1.27. The van der Waals surface area contributed by atoms with Gasteiger partial charge in [0.15, 0.2) is 0 Å². The van der Waals surface area contributed by atoms with Crippen molar-refractivity contribution in [1.29, 1.82) is 0 Å². The van der Waals surface area contributed by atoms with E-state index in [-0.39, 0.29) is 5.92 Å². The molecule has 0 aromatic heterocycles. The van der Waals surface area contributed by atoms with Gasteiger partial charge in [0.05, 0.1) is 0 Å². The summed E-state index contributed by atoms with van der Waals surface area (Å²) in [6, 6.07) is -0.453. The van der Waals surface area contributed by atoms with E-state index in [0.717, 1.165) is 19.4 Å². The van der Waals surface area contributed by atoms with Crippen molar-refractivity contribution in [2.24, 2.45) is 5.92 Å². The maximum atomic E-state index is 10.7. The van der Waals surface area contributed by atoms with Gasteiger partial charge in [0, 0.05) is 0 Å². The van der Waals surface area contributed by atoms with Crippen LogP contribution in [-0.4, -0.2) is 40.8 Å². The maximum absolute atomic E-state index is 10.7. The molecule has 1 aliphatic heterocycles. The lowest BCUT2D eigenvalue weighted by atomic mass is 9.81. The number of carboxylic acid groups (broad SMARTS) is 1. The molecule has 1 rings (SSSR count). The number of hydrogen-bond donors (Lipinski definition) is 4. The second kappa shape index (κ2) is 5.33. The zero-order valence-corrected chi connectivity index (χ0v) is 8.02. The molecule has 0 bridgehead atoms. The first kappa shape index (κ1) is 11.5. The molecular formula is C8H16BNO4. The van der Waals surface area contributed by atoms with Gasteiger partial charge in [-0.15, -0.1) is 0 Å². The van der Waals surface area contributed by atoms with Crippen LogP contribution in [-0.2, 0) is 4.79 Å². The van der Waals surface area contributed by atoms with Crippen molar-refractivity contribution >= 4 is 13.1 Å². The molecule has 5 nitrogen and oxygen atoms in total. The van der Waals surface area contributed by atoms with Crippen LogP contribution in [0.3, 0.4) is 0 Å². The summed E-state index contributed by atoms with van der Waals surface area (Å²) in [5.41, 5.74) is 0.